The van der Waals surface area contributed by atoms with E-state index in [1.807, 2.05) is 66.9 Å². The van der Waals surface area contributed by atoms with Gasteiger partial charge < -0.3 is 4.74 Å². The molecule has 0 bridgehead atoms. The number of thioether (sulfide) groups is 2. The van der Waals surface area contributed by atoms with Gasteiger partial charge in [0.2, 0.25) is 0 Å². The van der Waals surface area contributed by atoms with E-state index in [2.05, 4.69) is 0 Å². The number of carbonyl (C=O) groups is 1. The largest absolute Gasteiger partial charge is 0.456 e. The maximum atomic E-state index is 12.0. The van der Waals surface area contributed by atoms with E-state index in [0.29, 0.717) is 6.42 Å². The Kier molecular flexibility index (Phi) is 6.77. The number of ether oxygens (including phenoxy) is 1. The highest BCUT2D eigenvalue weighted by molar-refractivity contribution is 8.17. The van der Waals surface area contributed by atoms with Crippen molar-refractivity contribution >= 4 is 41.1 Å². The highest BCUT2D eigenvalue weighted by atomic mass is 35.5. The summed E-state index contributed by atoms with van der Waals surface area (Å²) < 4.78 is 5.84. The van der Waals surface area contributed by atoms with Crippen LogP contribution >= 0.6 is 35.1 Å². The molecule has 0 radical (unpaired) electrons. The van der Waals surface area contributed by atoms with E-state index in [-0.39, 0.29) is 10.6 Å². The number of halogens is 1. The van der Waals surface area contributed by atoms with Gasteiger partial charge in [0.25, 0.3) is 0 Å². The maximum Gasteiger partial charge on any atom is 0.310 e. The molecule has 116 valence electrons. The van der Waals surface area contributed by atoms with Crippen LogP contribution in [-0.2, 0) is 9.53 Å². The molecule has 5 heteroatoms. The summed E-state index contributed by atoms with van der Waals surface area (Å²) in [6.45, 7) is 2.04. The van der Waals surface area contributed by atoms with E-state index in [1.165, 1.54) is 6.42 Å². The van der Waals surface area contributed by atoms with Crippen LogP contribution in [0, 0.1) is 0 Å². The van der Waals surface area contributed by atoms with Crippen LogP contribution < -0.4 is 0 Å². The second-order valence-electron chi connectivity index (χ2n) is 4.99. The molecule has 1 heterocycles. The van der Waals surface area contributed by atoms with Gasteiger partial charge in [-0.3, -0.25) is 4.79 Å². The lowest BCUT2D eigenvalue weighted by molar-refractivity contribution is -0.146. The Morgan fingerprint density at radius 2 is 2.14 bits per heavy atom. The third-order valence-electron chi connectivity index (χ3n) is 3.32. The number of carbonyl (C=O) groups excluding carboxylic acids is 1. The van der Waals surface area contributed by atoms with Crippen LogP contribution in [0.4, 0.5) is 0 Å². The van der Waals surface area contributed by atoms with E-state index >= 15 is 0 Å². The van der Waals surface area contributed by atoms with Crippen LogP contribution in [0.2, 0.25) is 0 Å². The van der Waals surface area contributed by atoms with Gasteiger partial charge in [-0.05, 0) is 30.4 Å². The molecule has 0 aromatic rings. The number of alkyl halides is 1. The van der Waals surface area contributed by atoms with Gasteiger partial charge in [-0.15, -0.1) is 35.1 Å². The third kappa shape index (κ3) is 4.57. The lowest BCUT2D eigenvalue weighted by atomic mass is 9.98. The molecule has 0 spiro atoms. The Balaban J connectivity index is 2.01. The van der Waals surface area contributed by atoms with Gasteiger partial charge in [0.05, 0.1) is 11.0 Å². The van der Waals surface area contributed by atoms with Crippen molar-refractivity contribution in [3.05, 3.63) is 36.5 Å². The molecule has 1 aliphatic carbocycles. The Morgan fingerprint density at radius 3 is 2.86 bits per heavy atom. The highest BCUT2D eigenvalue weighted by Gasteiger charge is 2.45. The molecule has 0 aromatic heterocycles. The monoisotopic (exact) mass is 344 g/mol. The zero-order valence-corrected chi connectivity index (χ0v) is 14.6. The van der Waals surface area contributed by atoms with Crippen molar-refractivity contribution in [3.63, 3.8) is 0 Å². The Bertz CT molecular complexity index is 442. The summed E-state index contributed by atoms with van der Waals surface area (Å²) in [6, 6.07) is 0. The minimum absolute atomic E-state index is 0.220. The van der Waals surface area contributed by atoms with E-state index in [1.54, 1.807) is 0 Å². The fraction of sp³-hybridized carbons (Fsp3) is 0.562. The molecule has 2 aliphatic rings. The summed E-state index contributed by atoms with van der Waals surface area (Å²) in [4.78, 5) is 11.3. The molecule has 2 unspecified atom stereocenters. The second-order valence-corrected chi connectivity index (χ2v) is 8.37. The van der Waals surface area contributed by atoms with Crippen molar-refractivity contribution in [3.8, 4) is 0 Å². The van der Waals surface area contributed by atoms with E-state index in [9.17, 15) is 4.79 Å². The van der Waals surface area contributed by atoms with Crippen molar-refractivity contribution < 1.29 is 9.53 Å². The minimum atomic E-state index is -0.644. The number of esters is 1. The highest BCUT2D eigenvalue weighted by Crippen LogP contribution is 2.46. The molecule has 1 aliphatic heterocycles. The molecule has 0 N–H and O–H groups in total. The fourth-order valence-corrected chi connectivity index (χ4v) is 5.93. The molecule has 0 saturated carbocycles. The molecular weight excluding hydrogens is 324 g/mol. The van der Waals surface area contributed by atoms with Gasteiger partial charge in [0.1, 0.15) is 11.0 Å². The Morgan fingerprint density at radius 1 is 1.38 bits per heavy atom. The summed E-state index contributed by atoms with van der Waals surface area (Å²) in [5, 5.41) is 0. The molecule has 1 saturated heterocycles. The first-order chi connectivity index (χ1) is 10.2. The molecule has 21 heavy (non-hydrogen) atoms. The number of allylic oxidation sites excluding steroid dienone is 3. The summed E-state index contributed by atoms with van der Waals surface area (Å²) in [7, 11) is 0. The fourth-order valence-electron chi connectivity index (χ4n) is 2.23. The summed E-state index contributed by atoms with van der Waals surface area (Å²) in [5.41, 5.74) is 0. The van der Waals surface area contributed by atoms with Crippen molar-refractivity contribution in [1.29, 1.82) is 0 Å². The van der Waals surface area contributed by atoms with Gasteiger partial charge in [0.15, 0.2) is 0 Å². The van der Waals surface area contributed by atoms with Gasteiger partial charge in [0, 0.05) is 0 Å². The number of hydrogen-bond acceptors (Lipinski definition) is 4. The molecular formula is C16H21ClO2S2. The van der Waals surface area contributed by atoms with Crippen LogP contribution in [0.25, 0.3) is 0 Å². The lowest BCUT2D eigenvalue weighted by Gasteiger charge is -2.39. The second kappa shape index (κ2) is 8.35. The van der Waals surface area contributed by atoms with E-state index < -0.39 is 11.0 Å². The first kappa shape index (κ1) is 17.0. The predicted molar refractivity (Wildman–Crippen MR) is 94.1 cm³/mol. The van der Waals surface area contributed by atoms with Crippen molar-refractivity contribution in [2.45, 2.75) is 41.7 Å². The van der Waals surface area contributed by atoms with Gasteiger partial charge in [-0.2, -0.15) is 0 Å². The Labute approximate surface area is 140 Å². The number of rotatable bonds is 5. The normalized spacial score (nSPS) is 29.9. The maximum absolute atomic E-state index is 12.0. The van der Waals surface area contributed by atoms with E-state index in [0.717, 1.165) is 17.9 Å². The zero-order valence-electron chi connectivity index (χ0n) is 12.2. The summed E-state index contributed by atoms with van der Waals surface area (Å²) in [5.74, 6) is 2.01. The van der Waals surface area contributed by atoms with Crippen molar-refractivity contribution in [1.82, 2.24) is 0 Å². The predicted octanol–water partition coefficient (Wildman–Crippen LogP) is 4.55. The molecule has 2 nitrogen and oxygen atoms in total. The third-order valence-corrected chi connectivity index (χ3v) is 7.39. The first-order valence-corrected chi connectivity index (χ1v) is 9.77. The number of hydrogen-bond donors (Lipinski definition) is 0. The van der Waals surface area contributed by atoms with Crippen molar-refractivity contribution in [2.75, 3.05) is 11.5 Å². The first-order valence-electron chi connectivity index (χ1n) is 7.29. The average Bonchev–Trinajstić information content (AvgIpc) is 2.51. The van der Waals surface area contributed by atoms with Crippen LogP contribution in [-0.4, -0.2) is 33.0 Å². The molecule has 0 aromatic carbocycles. The minimum Gasteiger partial charge on any atom is -0.456 e. The van der Waals surface area contributed by atoms with Crippen LogP contribution in [0.15, 0.2) is 36.5 Å². The van der Waals surface area contributed by atoms with E-state index in [4.69, 9.17) is 16.3 Å². The van der Waals surface area contributed by atoms with Crippen LogP contribution in [0.3, 0.4) is 0 Å². The summed E-state index contributed by atoms with van der Waals surface area (Å²) >= 11 is 10.6. The topological polar surface area (TPSA) is 26.3 Å². The lowest BCUT2D eigenvalue weighted by Crippen LogP contribution is -2.46. The van der Waals surface area contributed by atoms with Gasteiger partial charge >= 0.3 is 5.97 Å². The SMILES string of the molecule is CC/C=C\CC(=O)OC1C=CC=CC1(Cl)C1SCCCS1. The standard InChI is InChI=1S/C16H21ClO2S2/c1-2-3-4-9-14(18)19-13-8-5-6-10-16(13,17)15-20-11-7-12-21-15/h3-6,8,10,13,15H,2,7,9,11-12H2,1H3/b4-3-. The molecule has 1 fully saturated rings. The quantitative estimate of drug-likeness (QED) is 0.415. The van der Waals surface area contributed by atoms with Crippen molar-refractivity contribution in [2.24, 2.45) is 0 Å². The van der Waals surface area contributed by atoms with Gasteiger partial charge in [-0.1, -0.05) is 37.3 Å². The van der Waals surface area contributed by atoms with Crippen LogP contribution in [0.5, 0.6) is 0 Å². The van der Waals surface area contributed by atoms with Crippen LogP contribution in [0.1, 0.15) is 26.2 Å². The molecule has 2 rings (SSSR count). The molecule has 2 atom stereocenters. The van der Waals surface area contributed by atoms with Gasteiger partial charge in [-0.25, -0.2) is 0 Å². The molecule has 0 amide bonds. The smallest absolute Gasteiger partial charge is 0.310 e. The zero-order chi connectivity index (χ0) is 15.1. The summed E-state index contributed by atoms with van der Waals surface area (Å²) in [6.07, 6.45) is 13.6. The Hall–Kier alpha value is -0.320. The average molecular weight is 345 g/mol.